The first kappa shape index (κ1) is 13.0. The number of hydrogen-bond donors (Lipinski definition) is 1. The minimum Gasteiger partial charge on any atom is -0.373 e. The van der Waals surface area contributed by atoms with Gasteiger partial charge in [0.1, 0.15) is 0 Å². The molecule has 1 aromatic heterocycles. The van der Waals surface area contributed by atoms with Crippen molar-refractivity contribution in [1.29, 1.82) is 0 Å². The number of aromatic nitrogens is 2. The minimum absolute atomic E-state index is 0.00913. The van der Waals surface area contributed by atoms with Crippen molar-refractivity contribution in [1.82, 2.24) is 9.97 Å². The smallest absolute Gasteiger partial charge is 0.222 e. The molecular formula is C13H19N3O2. The van der Waals surface area contributed by atoms with Crippen LogP contribution in [0, 0.1) is 6.92 Å². The lowest BCUT2D eigenvalue weighted by atomic mass is 10.0. The molecule has 0 amide bonds. The van der Waals surface area contributed by atoms with Crippen molar-refractivity contribution in [3.05, 3.63) is 17.5 Å². The number of hydrogen-bond acceptors (Lipinski definition) is 5. The fourth-order valence-corrected chi connectivity index (χ4v) is 2.14. The predicted octanol–water partition coefficient (Wildman–Crippen LogP) is 1.97. The van der Waals surface area contributed by atoms with Gasteiger partial charge in [-0.05, 0) is 33.6 Å². The zero-order chi connectivity index (χ0) is 13.2. The Morgan fingerprint density at radius 2 is 2.39 bits per heavy atom. The van der Waals surface area contributed by atoms with Crippen LogP contribution in [0.1, 0.15) is 42.7 Å². The number of rotatable bonds is 4. The molecule has 1 aliphatic heterocycles. The second-order valence-electron chi connectivity index (χ2n) is 5.00. The van der Waals surface area contributed by atoms with E-state index in [0.29, 0.717) is 23.8 Å². The van der Waals surface area contributed by atoms with Gasteiger partial charge >= 0.3 is 0 Å². The molecule has 2 rings (SSSR count). The molecule has 5 heteroatoms. The van der Waals surface area contributed by atoms with E-state index in [4.69, 9.17) is 4.74 Å². The summed E-state index contributed by atoms with van der Waals surface area (Å²) in [6, 6.07) is 0. The van der Waals surface area contributed by atoms with Crippen LogP contribution in [0.5, 0.6) is 0 Å². The second-order valence-corrected chi connectivity index (χ2v) is 5.00. The number of Topliss-reactive ketones (excluding diaryl/α,β-unsaturated/α-hetero) is 1. The van der Waals surface area contributed by atoms with Crippen LogP contribution >= 0.6 is 0 Å². The fraction of sp³-hybridized carbons (Fsp3) is 0.615. The lowest BCUT2D eigenvalue weighted by Crippen LogP contribution is -2.33. The van der Waals surface area contributed by atoms with Crippen molar-refractivity contribution >= 4 is 11.7 Å². The molecule has 0 aromatic carbocycles. The first-order valence-corrected chi connectivity index (χ1v) is 6.23. The molecule has 1 saturated heterocycles. The zero-order valence-electron chi connectivity index (χ0n) is 11.1. The third-order valence-corrected chi connectivity index (χ3v) is 3.28. The predicted molar refractivity (Wildman–Crippen MR) is 68.9 cm³/mol. The first-order valence-electron chi connectivity index (χ1n) is 6.23. The van der Waals surface area contributed by atoms with Crippen LogP contribution in [0.4, 0.5) is 5.95 Å². The highest BCUT2D eigenvalue weighted by Gasteiger charge is 2.29. The highest BCUT2D eigenvalue weighted by molar-refractivity contribution is 5.94. The second kappa shape index (κ2) is 5.02. The summed E-state index contributed by atoms with van der Waals surface area (Å²) in [5.74, 6) is 0.541. The normalized spacial score (nSPS) is 23.1. The summed E-state index contributed by atoms with van der Waals surface area (Å²) in [7, 11) is 0. The topological polar surface area (TPSA) is 64.1 Å². The standard InChI is InChI=1S/C13H19N3O2/c1-9-11(10(2)17)7-14-12(16-9)15-8-13(3)5-4-6-18-13/h7H,4-6,8H2,1-3H3,(H,14,15,16). The van der Waals surface area contributed by atoms with Crippen LogP contribution in [0.3, 0.4) is 0 Å². The highest BCUT2D eigenvalue weighted by Crippen LogP contribution is 2.24. The van der Waals surface area contributed by atoms with Gasteiger partial charge in [0, 0.05) is 19.3 Å². The van der Waals surface area contributed by atoms with Crippen LogP contribution in [0.25, 0.3) is 0 Å². The maximum absolute atomic E-state index is 11.3. The summed E-state index contributed by atoms with van der Waals surface area (Å²) in [6.45, 7) is 6.93. The molecule has 98 valence electrons. The molecule has 2 heterocycles. The van der Waals surface area contributed by atoms with Gasteiger partial charge in [0.25, 0.3) is 0 Å². The molecule has 0 spiro atoms. The number of anilines is 1. The molecule has 0 bridgehead atoms. The van der Waals surface area contributed by atoms with E-state index in [-0.39, 0.29) is 11.4 Å². The third-order valence-electron chi connectivity index (χ3n) is 3.28. The fourth-order valence-electron chi connectivity index (χ4n) is 2.14. The van der Waals surface area contributed by atoms with Gasteiger partial charge in [-0.3, -0.25) is 4.79 Å². The van der Waals surface area contributed by atoms with Crippen molar-refractivity contribution in [2.24, 2.45) is 0 Å². The molecule has 18 heavy (non-hydrogen) atoms. The molecule has 0 saturated carbocycles. The molecule has 1 aromatic rings. The van der Waals surface area contributed by atoms with Crippen molar-refractivity contribution in [3.8, 4) is 0 Å². The lowest BCUT2D eigenvalue weighted by molar-refractivity contribution is 0.0314. The van der Waals surface area contributed by atoms with Crippen molar-refractivity contribution < 1.29 is 9.53 Å². The zero-order valence-corrected chi connectivity index (χ0v) is 11.1. The van der Waals surface area contributed by atoms with Crippen molar-refractivity contribution in [3.63, 3.8) is 0 Å². The molecule has 1 fully saturated rings. The molecule has 5 nitrogen and oxygen atoms in total. The SMILES string of the molecule is CC(=O)c1cnc(NCC2(C)CCCO2)nc1C. The van der Waals surface area contributed by atoms with Gasteiger partial charge in [0.05, 0.1) is 16.9 Å². The van der Waals surface area contributed by atoms with E-state index in [9.17, 15) is 4.79 Å². The van der Waals surface area contributed by atoms with Gasteiger partial charge in [-0.2, -0.15) is 0 Å². The van der Waals surface area contributed by atoms with Gasteiger partial charge in [-0.25, -0.2) is 9.97 Å². The molecule has 0 aliphatic carbocycles. The Kier molecular flexibility index (Phi) is 3.61. The third kappa shape index (κ3) is 2.85. The number of ether oxygens (including phenoxy) is 1. The van der Waals surface area contributed by atoms with Gasteiger partial charge in [-0.1, -0.05) is 0 Å². The Labute approximate surface area is 107 Å². The Balaban J connectivity index is 2.02. The minimum atomic E-state index is -0.128. The van der Waals surface area contributed by atoms with Crippen LogP contribution in [-0.2, 0) is 4.74 Å². The lowest BCUT2D eigenvalue weighted by Gasteiger charge is -2.23. The van der Waals surface area contributed by atoms with E-state index < -0.39 is 0 Å². The molecule has 1 N–H and O–H groups in total. The number of nitrogens with zero attached hydrogens (tertiary/aromatic N) is 2. The summed E-state index contributed by atoms with van der Waals surface area (Å²) < 4.78 is 5.68. The maximum Gasteiger partial charge on any atom is 0.222 e. The molecule has 1 unspecified atom stereocenters. The van der Waals surface area contributed by atoms with E-state index in [2.05, 4.69) is 22.2 Å². The van der Waals surface area contributed by atoms with Gasteiger partial charge in [0.2, 0.25) is 5.95 Å². The van der Waals surface area contributed by atoms with Gasteiger partial charge in [0.15, 0.2) is 5.78 Å². The Morgan fingerprint density at radius 1 is 1.61 bits per heavy atom. The summed E-state index contributed by atoms with van der Waals surface area (Å²) in [4.78, 5) is 19.7. The number of carbonyl (C=O) groups excluding carboxylic acids is 1. The highest BCUT2D eigenvalue weighted by atomic mass is 16.5. The van der Waals surface area contributed by atoms with Gasteiger partial charge in [-0.15, -0.1) is 0 Å². The number of ketones is 1. The average Bonchev–Trinajstić information content (AvgIpc) is 2.74. The Hall–Kier alpha value is -1.49. The number of aryl methyl sites for hydroxylation is 1. The quantitative estimate of drug-likeness (QED) is 0.826. The largest absolute Gasteiger partial charge is 0.373 e. The van der Waals surface area contributed by atoms with E-state index in [1.807, 2.05) is 6.92 Å². The maximum atomic E-state index is 11.3. The Morgan fingerprint density at radius 3 is 2.94 bits per heavy atom. The summed E-state index contributed by atoms with van der Waals surface area (Å²) >= 11 is 0. The summed E-state index contributed by atoms with van der Waals surface area (Å²) in [6.07, 6.45) is 3.72. The molecule has 1 aliphatic rings. The summed E-state index contributed by atoms with van der Waals surface area (Å²) in [5.41, 5.74) is 1.15. The first-order chi connectivity index (χ1) is 8.50. The van der Waals surface area contributed by atoms with Crippen LogP contribution in [-0.4, -0.2) is 34.5 Å². The number of carbonyl (C=O) groups is 1. The van der Waals surface area contributed by atoms with Crippen molar-refractivity contribution in [2.75, 3.05) is 18.5 Å². The van der Waals surface area contributed by atoms with Gasteiger partial charge < -0.3 is 10.1 Å². The number of nitrogens with one attached hydrogen (secondary N) is 1. The van der Waals surface area contributed by atoms with Crippen LogP contribution in [0.2, 0.25) is 0 Å². The van der Waals surface area contributed by atoms with E-state index in [1.54, 1.807) is 6.20 Å². The van der Waals surface area contributed by atoms with Crippen molar-refractivity contribution in [2.45, 2.75) is 39.2 Å². The monoisotopic (exact) mass is 249 g/mol. The summed E-state index contributed by atoms with van der Waals surface area (Å²) in [5, 5.41) is 3.18. The van der Waals surface area contributed by atoms with E-state index in [0.717, 1.165) is 19.4 Å². The molecule has 0 radical (unpaired) electrons. The van der Waals surface area contributed by atoms with E-state index in [1.165, 1.54) is 6.92 Å². The Bertz CT molecular complexity index is 454. The average molecular weight is 249 g/mol. The molecular weight excluding hydrogens is 230 g/mol. The molecule has 1 atom stereocenters. The van der Waals surface area contributed by atoms with Crippen LogP contribution in [0.15, 0.2) is 6.20 Å². The van der Waals surface area contributed by atoms with E-state index >= 15 is 0 Å². The van der Waals surface area contributed by atoms with Crippen LogP contribution < -0.4 is 5.32 Å².